The summed E-state index contributed by atoms with van der Waals surface area (Å²) in [6.07, 6.45) is 2.20. The number of rotatable bonds is 10. The molecule has 1 amide bonds. The Labute approximate surface area is 215 Å². The Hall–Kier alpha value is -3.90. The highest BCUT2D eigenvalue weighted by Gasteiger charge is 2.14. The molecule has 3 aromatic rings. The van der Waals surface area contributed by atoms with Gasteiger partial charge in [-0.25, -0.2) is 0 Å². The third-order valence-electron chi connectivity index (χ3n) is 5.18. The van der Waals surface area contributed by atoms with Gasteiger partial charge in [0.1, 0.15) is 35.6 Å². The molecule has 188 valence electrons. The fourth-order valence-electron chi connectivity index (χ4n) is 3.18. The maximum atomic E-state index is 12.5. The minimum atomic E-state index is -0.553. The number of nitrogens with one attached hydrogen (secondary N) is 1. The van der Waals surface area contributed by atoms with Crippen molar-refractivity contribution in [3.63, 3.8) is 0 Å². The van der Waals surface area contributed by atoms with Gasteiger partial charge in [-0.15, -0.1) is 10.2 Å². The monoisotopic (exact) mass is 506 g/mol. The highest BCUT2D eigenvalue weighted by atomic mass is 32.1. The summed E-state index contributed by atoms with van der Waals surface area (Å²) < 4.78 is 17.0. The zero-order chi connectivity index (χ0) is 26.1. The van der Waals surface area contributed by atoms with Crippen LogP contribution in [0.5, 0.6) is 17.2 Å². The molecule has 9 heteroatoms. The lowest BCUT2D eigenvalue weighted by Crippen LogP contribution is -2.13. The van der Waals surface area contributed by atoms with E-state index in [0.717, 1.165) is 17.2 Å². The van der Waals surface area contributed by atoms with Crippen LogP contribution >= 0.6 is 11.3 Å². The number of methoxy groups -OCH3 is 1. The normalized spacial score (nSPS) is 11.5. The van der Waals surface area contributed by atoms with E-state index in [-0.39, 0.29) is 11.0 Å². The summed E-state index contributed by atoms with van der Waals surface area (Å²) in [5.74, 6) is 1.24. The molecule has 0 saturated carbocycles. The van der Waals surface area contributed by atoms with Gasteiger partial charge in [-0.05, 0) is 53.3 Å². The summed E-state index contributed by atoms with van der Waals surface area (Å²) in [4.78, 5) is 12.5. The number of nitriles is 1. The maximum Gasteiger partial charge on any atom is 0.268 e. The highest BCUT2D eigenvalue weighted by Crippen LogP contribution is 2.29. The Kier molecular flexibility index (Phi) is 9.03. The molecule has 0 unspecified atom stereocenters. The van der Waals surface area contributed by atoms with E-state index in [2.05, 4.69) is 48.4 Å². The van der Waals surface area contributed by atoms with Crippen molar-refractivity contribution in [3.05, 3.63) is 64.2 Å². The molecule has 0 saturated heterocycles. The molecule has 0 radical (unpaired) electrons. The average Bonchev–Trinajstić information content (AvgIpc) is 3.32. The third-order valence-corrected chi connectivity index (χ3v) is 6.17. The number of hydrogen-bond acceptors (Lipinski definition) is 8. The van der Waals surface area contributed by atoms with Crippen molar-refractivity contribution >= 4 is 28.5 Å². The molecule has 1 N–H and O–H groups in total. The average molecular weight is 507 g/mol. The maximum absolute atomic E-state index is 12.5. The van der Waals surface area contributed by atoms with Gasteiger partial charge in [0.2, 0.25) is 5.13 Å². The lowest BCUT2D eigenvalue weighted by molar-refractivity contribution is -0.112. The van der Waals surface area contributed by atoms with E-state index in [9.17, 15) is 10.1 Å². The standard InChI is InChI=1S/C27H30N4O4S/c1-6-24-30-31-26(36-24)29-25(32)19(17-28)15-18-7-12-22(23(16-18)33-5)35-14-13-34-21-10-8-20(9-11-21)27(2,3)4/h7-12,15-16H,6,13-14H2,1-5H3,(H,29,31,32). The number of hydrogen-bond donors (Lipinski definition) is 1. The SMILES string of the molecule is CCc1nnc(NC(=O)C(C#N)=Cc2ccc(OCCOc3ccc(C(C)(C)C)cc3)c(OC)c2)s1. The molecular weight excluding hydrogens is 476 g/mol. The smallest absolute Gasteiger partial charge is 0.268 e. The fraction of sp³-hybridized carbons (Fsp3) is 0.333. The number of carbonyl (C=O) groups is 1. The lowest BCUT2D eigenvalue weighted by atomic mass is 9.87. The van der Waals surface area contributed by atoms with Crippen molar-refractivity contribution in [2.24, 2.45) is 0 Å². The number of nitrogens with zero attached hydrogens (tertiary/aromatic N) is 3. The van der Waals surface area contributed by atoms with E-state index in [1.807, 2.05) is 25.1 Å². The topological polar surface area (TPSA) is 106 Å². The predicted octanol–water partition coefficient (Wildman–Crippen LogP) is 5.41. The predicted molar refractivity (Wildman–Crippen MR) is 141 cm³/mol. The largest absolute Gasteiger partial charge is 0.493 e. The number of anilines is 1. The van der Waals surface area contributed by atoms with Crippen molar-refractivity contribution in [2.75, 3.05) is 25.6 Å². The first kappa shape index (κ1) is 26.7. The molecule has 36 heavy (non-hydrogen) atoms. The summed E-state index contributed by atoms with van der Waals surface area (Å²) in [6, 6.07) is 15.2. The Morgan fingerprint density at radius 2 is 1.81 bits per heavy atom. The minimum Gasteiger partial charge on any atom is -0.493 e. The van der Waals surface area contributed by atoms with Gasteiger partial charge in [0, 0.05) is 0 Å². The van der Waals surface area contributed by atoms with E-state index in [1.165, 1.54) is 30.1 Å². The highest BCUT2D eigenvalue weighted by molar-refractivity contribution is 7.15. The quantitative estimate of drug-likeness (QED) is 0.223. The molecule has 0 atom stereocenters. The number of benzene rings is 2. The molecular formula is C27H30N4O4S. The number of amides is 1. The van der Waals surface area contributed by atoms with Crippen LogP contribution in [0.15, 0.2) is 48.0 Å². The van der Waals surface area contributed by atoms with Crippen LogP contribution in [-0.2, 0) is 16.6 Å². The van der Waals surface area contributed by atoms with Gasteiger partial charge in [0.05, 0.1) is 7.11 Å². The van der Waals surface area contributed by atoms with Gasteiger partial charge in [0.25, 0.3) is 5.91 Å². The first-order valence-corrected chi connectivity index (χ1v) is 12.3. The van der Waals surface area contributed by atoms with Crippen LogP contribution in [0.1, 0.15) is 43.8 Å². The van der Waals surface area contributed by atoms with Gasteiger partial charge in [0.15, 0.2) is 11.5 Å². The number of carbonyl (C=O) groups excluding carboxylic acids is 1. The second kappa shape index (κ2) is 12.2. The van der Waals surface area contributed by atoms with Crippen molar-refractivity contribution in [2.45, 2.75) is 39.5 Å². The molecule has 0 fully saturated rings. The molecule has 1 aromatic heterocycles. The van der Waals surface area contributed by atoms with Crippen LogP contribution < -0.4 is 19.5 Å². The first-order chi connectivity index (χ1) is 17.2. The Balaban J connectivity index is 1.59. The summed E-state index contributed by atoms with van der Waals surface area (Å²) in [5.41, 5.74) is 1.89. The van der Waals surface area contributed by atoms with E-state index in [0.29, 0.717) is 35.4 Å². The first-order valence-electron chi connectivity index (χ1n) is 11.5. The van der Waals surface area contributed by atoms with Crippen LogP contribution in [0, 0.1) is 11.3 Å². The summed E-state index contributed by atoms with van der Waals surface area (Å²) in [5, 5.41) is 21.1. The second-order valence-corrected chi connectivity index (χ2v) is 9.92. The van der Waals surface area contributed by atoms with Gasteiger partial charge < -0.3 is 14.2 Å². The summed E-state index contributed by atoms with van der Waals surface area (Å²) in [6.45, 7) is 9.14. The molecule has 0 spiro atoms. The van der Waals surface area contributed by atoms with E-state index in [1.54, 1.807) is 18.2 Å². The molecule has 2 aromatic carbocycles. The van der Waals surface area contributed by atoms with Gasteiger partial charge in [-0.2, -0.15) is 5.26 Å². The lowest BCUT2D eigenvalue weighted by Gasteiger charge is -2.19. The zero-order valence-electron chi connectivity index (χ0n) is 21.1. The van der Waals surface area contributed by atoms with Crippen LogP contribution in [-0.4, -0.2) is 36.4 Å². The molecule has 0 aliphatic rings. The number of ether oxygens (including phenoxy) is 3. The van der Waals surface area contributed by atoms with Crippen molar-refractivity contribution in [1.82, 2.24) is 10.2 Å². The Morgan fingerprint density at radius 1 is 1.08 bits per heavy atom. The van der Waals surface area contributed by atoms with Crippen LogP contribution in [0.3, 0.4) is 0 Å². The van der Waals surface area contributed by atoms with Gasteiger partial charge in [-0.1, -0.05) is 57.2 Å². The number of aromatic nitrogens is 2. The van der Waals surface area contributed by atoms with Gasteiger partial charge >= 0.3 is 0 Å². The molecule has 1 heterocycles. The minimum absolute atomic E-state index is 0.0650. The van der Waals surface area contributed by atoms with Crippen LogP contribution in [0.4, 0.5) is 5.13 Å². The Bertz CT molecular complexity index is 1250. The number of aryl methyl sites for hydroxylation is 1. The van der Waals surface area contributed by atoms with Crippen molar-refractivity contribution in [3.8, 4) is 23.3 Å². The summed E-state index contributed by atoms with van der Waals surface area (Å²) >= 11 is 1.28. The van der Waals surface area contributed by atoms with Crippen molar-refractivity contribution in [1.29, 1.82) is 5.26 Å². The zero-order valence-corrected chi connectivity index (χ0v) is 21.9. The molecule has 0 aliphatic carbocycles. The van der Waals surface area contributed by atoms with Gasteiger partial charge in [-0.3, -0.25) is 10.1 Å². The fourth-order valence-corrected chi connectivity index (χ4v) is 3.86. The van der Waals surface area contributed by atoms with E-state index >= 15 is 0 Å². The molecule has 8 nitrogen and oxygen atoms in total. The van der Waals surface area contributed by atoms with Crippen LogP contribution in [0.25, 0.3) is 6.08 Å². The Morgan fingerprint density at radius 3 is 2.42 bits per heavy atom. The molecule has 3 rings (SSSR count). The van der Waals surface area contributed by atoms with E-state index < -0.39 is 5.91 Å². The molecule has 0 aliphatic heterocycles. The van der Waals surface area contributed by atoms with Crippen molar-refractivity contribution < 1.29 is 19.0 Å². The second-order valence-electron chi connectivity index (χ2n) is 8.86. The van der Waals surface area contributed by atoms with E-state index in [4.69, 9.17) is 14.2 Å². The summed E-state index contributed by atoms with van der Waals surface area (Å²) in [7, 11) is 1.53. The third kappa shape index (κ3) is 7.30. The molecule has 0 bridgehead atoms. The van der Waals surface area contributed by atoms with Crippen LogP contribution in [0.2, 0.25) is 0 Å².